The van der Waals surface area contributed by atoms with Crippen LogP contribution in [0.5, 0.6) is 0 Å². The van der Waals surface area contributed by atoms with Crippen molar-refractivity contribution >= 4 is 22.9 Å². The zero-order chi connectivity index (χ0) is 12.8. The summed E-state index contributed by atoms with van der Waals surface area (Å²) in [4.78, 5) is 12.9. The number of hydrogen-bond donors (Lipinski definition) is 2. The van der Waals surface area contributed by atoms with E-state index >= 15 is 0 Å². The second-order valence-electron chi connectivity index (χ2n) is 4.10. The van der Waals surface area contributed by atoms with Crippen LogP contribution in [0.1, 0.15) is 10.4 Å². The lowest BCUT2D eigenvalue weighted by molar-refractivity contribution is -0.115. The van der Waals surface area contributed by atoms with E-state index in [0.717, 1.165) is 17.8 Å². The van der Waals surface area contributed by atoms with Crippen molar-refractivity contribution in [3.63, 3.8) is 0 Å². The van der Waals surface area contributed by atoms with E-state index in [4.69, 9.17) is 0 Å². The lowest BCUT2D eigenvalue weighted by Crippen LogP contribution is -2.27. The predicted molar refractivity (Wildman–Crippen MR) is 75.8 cm³/mol. The molecule has 0 saturated heterocycles. The van der Waals surface area contributed by atoms with Crippen molar-refractivity contribution in [2.75, 3.05) is 11.9 Å². The van der Waals surface area contributed by atoms with Gasteiger partial charge in [-0.2, -0.15) is 0 Å². The summed E-state index contributed by atoms with van der Waals surface area (Å²) in [6, 6.07) is 11.8. The van der Waals surface area contributed by atoms with Crippen LogP contribution in [0.4, 0.5) is 5.69 Å². The summed E-state index contributed by atoms with van der Waals surface area (Å²) in [7, 11) is 0. The van der Waals surface area contributed by atoms with Crippen LogP contribution in [0, 0.1) is 6.92 Å². The minimum Gasteiger partial charge on any atom is -0.325 e. The first-order chi connectivity index (χ1) is 8.74. The first-order valence-electron chi connectivity index (χ1n) is 5.83. The largest absolute Gasteiger partial charge is 0.325 e. The van der Waals surface area contributed by atoms with Crippen LogP contribution in [-0.2, 0) is 11.3 Å². The van der Waals surface area contributed by atoms with Gasteiger partial charge in [0.2, 0.25) is 5.91 Å². The molecule has 0 aliphatic heterocycles. The van der Waals surface area contributed by atoms with Crippen molar-refractivity contribution in [1.82, 2.24) is 5.32 Å². The van der Waals surface area contributed by atoms with Gasteiger partial charge in [-0.05, 0) is 36.1 Å². The summed E-state index contributed by atoms with van der Waals surface area (Å²) >= 11 is 1.69. The van der Waals surface area contributed by atoms with Crippen LogP contribution in [-0.4, -0.2) is 12.5 Å². The van der Waals surface area contributed by atoms with Gasteiger partial charge in [-0.25, -0.2) is 0 Å². The van der Waals surface area contributed by atoms with Gasteiger partial charge in [-0.1, -0.05) is 18.2 Å². The molecular formula is C14H16N2OS. The minimum atomic E-state index is -0.0165. The van der Waals surface area contributed by atoms with Crippen LogP contribution < -0.4 is 10.6 Å². The zero-order valence-corrected chi connectivity index (χ0v) is 11.1. The third-order valence-corrected chi connectivity index (χ3v) is 3.34. The number of hydrogen-bond acceptors (Lipinski definition) is 3. The second-order valence-corrected chi connectivity index (χ2v) is 5.13. The number of carbonyl (C=O) groups is 1. The predicted octanol–water partition coefficient (Wildman–Crippen LogP) is 2.78. The summed E-state index contributed by atoms with van der Waals surface area (Å²) < 4.78 is 0. The van der Waals surface area contributed by atoms with E-state index in [1.54, 1.807) is 11.3 Å². The highest BCUT2D eigenvalue weighted by atomic mass is 32.1. The molecule has 0 fully saturated rings. The molecule has 1 amide bonds. The fraction of sp³-hybridized carbons (Fsp3) is 0.214. The maximum Gasteiger partial charge on any atom is 0.238 e. The molecule has 0 bridgehead atoms. The van der Waals surface area contributed by atoms with Crippen LogP contribution in [0.25, 0.3) is 0 Å². The molecule has 2 aromatic rings. The molecule has 18 heavy (non-hydrogen) atoms. The molecular weight excluding hydrogens is 244 g/mol. The first kappa shape index (κ1) is 12.8. The van der Waals surface area contributed by atoms with Crippen LogP contribution in [0.3, 0.4) is 0 Å². The third kappa shape index (κ3) is 3.98. The molecule has 2 N–H and O–H groups in total. The summed E-state index contributed by atoms with van der Waals surface area (Å²) in [6.07, 6.45) is 0. The summed E-state index contributed by atoms with van der Waals surface area (Å²) in [5, 5.41) is 8.02. The Hall–Kier alpha value is -1.65. The Balaban J connectivity index is 1.75. The smallest absolute Gasteiger partial charge is 0.238 e. The molecule has 1 aromatic heterocycles. The molecule has 1 aromatic carbocycles. The van der Waals surface area contributed by atoms with E-state index in [2.05, 4.69) is 16.7 Å². The van der Waals surface area contributed by atoms with Crippen molar-refractivity contribution in [3.8, 4) is 0 Å². The van der Waals surface area contributed by atoms with Gasteiger partial charge in [0, 0.05) is 17.1 Å². The quantitative estimate of drug-likeness (QED) is 0.868. The number of rotatable bonds is 5. The van der Waals surface area contributed by atoms with Crippen LogP contribution in [0.15, 0.2) is 41.8 Å². The van der Waals surface area contributed by atoms with Gasteiger partial charge >= 0.3 is 0 Å². The molecule has 0 aliphatic rings. The number of carbonyl (C=O) groups excluding carboxylic acids is 1. The first-order valence-corrected chi connectivity index (χ1v) is 6.71. The molecule has 3 nitrogen and oxygen atoms in total. The minimum absolute atomic E-state index is 0.0165. The van der Waals surface area contributed by atoms with Gasteiger partial charge in [-0.15, -0.1) is 11.3 Å². The van der Waals surface area contributed by atoms with Crippen LogP contribution in [0.2, 0.25) is 0 Å². The van der Waals surface area contributed by atoms with Gasteiger partial charge in [0.25, 0.3) is 0 Å². The molecule has 0 radical (unpaired) electrons. The summed E-state index contributed by atoms with van der Waals surface area (Å²) in [5.41, 5.74) is 1.98. The van der Waals surface area contributed by atoms with E-state index < -0.39 is 0 Å². The Bertz CT molecular complexity index is 508. The van der Waals surface area contributed by atoms with E-state index in [1.807, 2.05) is 42.6 Å². The highest BCUT2D eigenvalue weighted by Gasteiger charge is 2.02. The topological polar surface area (TPSA) is 41.1 Å². The SMILES string of the molecule is Cc1cccc(NC(=O)CNCc2cccs2)c1. The Morgan fingerprint density at radius 2 is 2.17 bits per heavy atom. The fourth-order valence-electron chi connectivity index (χ4n) is 1.64. The van der Waals surface area contributed by atoms with Crippen molar-refractivity contribution in [2.24, 2.45) is 0 Å². The van der Waals surface area contributed by atoms with E-state index in [9.17, 15) is 4.79 Å². The molecule has 4 heteroatoms. The van der Waals surface area contributed by atoms with Crippen molar-refractivity contribution < 1.29 is 4.79 Å². The highest BCUT2D eigenvalue weighted by Crippen LogP contribution is 2.09. The van der Waals surface area contributed by atoms with Crippen molar-refractivity contribution in [2.45, 2.75) is 13.5 Å². The van der Waals surface area contributed by atoms with Crippen molar-refractivity contribution in [3.05, 3.63) is 52.2 Å². The van der Waals surface area contributed by atoms with Gasteiger partial charge in [0.1, 0.15) is 0 Å². The normalized spacial score (nSPS) is 10.3. The molecule has 94 valence electrons. The highest BCUT2D eigenvalue weighted by molar-refractivity contribution is 7.09. The van der Waals surface area contributed by atoms with E-state index in [-0.39, 0.29) is 5.91 Å². The standard InChI is InChI=1S/C14H16N2OS/c1-11-4-2-5-12(8-11)16-14(17)10-15-9-13-6-3-7-18-13/h2-8,15H,9-10H2,1H3,(H,16,17). The van der Waals surface area contributed by atoms with Crippen LogP contribution >= 0.6 is 11.3 Å². The van der Waals surface area contributed by atoms with E-state index in [1.165, 1.54) is 4.88 Å². The zero-order valence-electron chi connectivity index (χ0n) is 10.3. The molecule has 0 saturated carbocycles. The average molecular weight is 260 g/mol. The van der Waals surface area contributed by atoms with Crippen molar-refractivity contribution in [1.29, 1.82) is 0 Å². The monoisotopic (exact) mass is 260 g/mol. The Labute approximate surface area is 111 Å². The van der Waals surface area contributed by atoms with Gasteiger partial charge in [-0.3, -0.25) is 4.79 Å². The number of thiophene rings is 1. The summed E-state index contributed by atoms with van der Waals surface area (Å²) in [6.45, 7) is 3.06. The lowest BCUT2D eigenvalue weighted by Gasteiger charge is -2.06. The molecule has 0 aliphatic carbocycles. The maximum atomic E-state index is 11.7. The fourth-order valence-corrected chi connectivity index (χ4v) is 2.31. The number of amides is 1. The average Bonchev–Trinajstić information content (AvgIpc) is 2.82. The number of nitrogens with one attached hydrogen (secondary N) is 2. The molecule has 2 rings (SSSR count). The Morgan fingerprint density at radius 1 is 1.28 bits per heavy atom. The van der Waals surface area contributed by atoms with Gasteiger partial charge < -0.3 is 10.6 Å². The molecule has 1 heterocycles. The number of benzene rings is 1. The Morgan fingerprint density at radius 3 is 2.89 bits per heavy atom. The molecule has 0 spiro atoms. The third-order valence-electron chi connectivity index (χ3n) is 2.47. The van der Waals surface area contributed by atoms with Gasteiger partial charge in [0.15, 0.2) is 0 Å². The van der Waals surface area contributed by atoms with E-state index in [0.29, 0.717) is 6.54 Å². The molecule has 0 atom stereocenters. The number of aryl methyl sites for hydroxylation is 1. The summed E-state index contributed by atoms with van der Waals surface area (Å²) in [5.74, 6) is -0.0165. The van der Waals surface area contributed by atoms with Gasteiger partial charge in [0.05, 0.1) is 6.54 Å². The lowest BCUT2D eigenvalue weighted by atomic mass is 10.2. The maximum absolute atomic E-state index is 11.7. The number of anilines is 1. The second kappa shape index (κ2) is 6.33. The molecule has 0 unspecified atom stereocenters. The Kier molecular flexibility index (Phi) is 4.50.